The summed E-state index contributed by atoms with van der Waals surface area (Å²) in [6.45, 7) is 0. The first kappa shape index (κ1) is 13.7. The molecule has 0 aliphatic carbocycles. The second-order valence-electron chi connectivity index (χ2n) is 5.08. The van der Waals surface area contributed by atoms with E-state index in [0.29, 0.717) is 6.04 Å². The second-order valence-corrected chi connectivity index (χ2v) is 6.55. The van der Waals surface area contributed by atoms with Crippen molar-refractivity contribution in [1.82, 2.24) is 0 Å². The van der Waals surface area contributed by atoms with E-state index in [4.69, 9.17) is 11.6 Å². The number of para-hydroxylation sites is 1. The molecule has 2 aromatic rings. The molecule has 0 bridgehead atoms. The van der Waals surface area contributed by atoms with E-state index in [1.807, 2.05) is 38.0 Å². The molecule has 2 nitrogen and oxygen atoms in total. The van der Waals surface area contributed by atoms with Gasteiger partial charge < -0.3 is 10.2 Å². The Bertz CT molecular complexity index is 628. The molecular weight excluding hydrogens is 288 g/mol. The number of halogens is 1. The van der Waals surface area contributed by atoms with Crippen molar-refractivity contribution < 1.29 is 0 Å². The first-order valence-electron chi connectivity index (χ1n) is 6.61. The summed E-state index contributed by atoms with van der Waals surface area (Å²) in [5.74, 6) is 1.05. The summed E-state index contributed by atoms with van der Waals surface area (Å²) < 4.78 is 0. The molecule has 0 amide bonds. The topological polar surface area (TPSA) is 15.3 Å². The van der Waals surface area contributed by atoms with Gasteiger partial charge in [-0.2, -0.15) is 0 Å². The van der Waals surface area contributed by atoms with Gasteiger partial charge in [-0.05, 0) is 23.8 Å². The van der Waals surface area contributed by atoms with E-state index >= 15 is 0 Å². The predicted octanol–water partition coefficient (Wildman–Crippen LogP) is 4.66. The number of anilines is 2. The Hall–Kier alpha value is -1.32. The van der Waals surface area contributed by atoms with Crippen LogP contribution in [0.1, 0.15) is 11.6 Å². The number of nitrogens with one attached hydrogen (secondary N) is 1. The van der Waals surface area contributed by atoms with Crippen molar-refractivity contribution in [1.29, 1.82) is 0 Å². The van der Waals surface area contributed by atoms with Crippen LogP contribution in [0.5, 0.6) is 0 Å². The average molecular weight is 305 g/mol. The van der Waals surface area contributed by atoms with Crippen LogP contribution in [0.15, 0.2) is 47.4 Å². The van der Waals surface area contributed by atoms with Crippen LogP contribution >= 0.6 is 23.4 Å². The third kappa shape index (κ3) is 2.48. The summed E-state index contributed by atoms with van der Waals surface area (Å²) in [5.41, 5.74) is 3.51. The Morgan fingerprint density at radius 3 is 2.75 bits per heavy atom. The molecule has 0 radical (unpaired) electrons. The quantitative estimate of drug-likeness (QED) is 0.887. The van der Waals surface area contributed by atoms with Gasteiger partial charge in [0.25, 0.3) is 0 Å². The number of fused-ring (bicyclic) bond motifs is 1. The summed E-state index contributed by atoms with van der Waals surface area (Å²) >= 11 is 8.23. The number of thioether (sulfide) groups is 1. The molecule has 0 spiro atoms. The summed E-state index contributed by atoms with van der Waals surface area (Å²) in [4.78, 5) is 3.43. The lowest BCUT2D eigenvalue weighted by molar-refractivity contribution is 0.898. The highest BCUT2D eigenvalue weighted by molar-refractivity contribution is 7.99. The normalized spacial score (nSPS) is 16.9. The molecule has 104 valence electrons. The molecule has 2 aromatic carbocycles. The molecular formula is C16H17ClN2S. The molecule has 1 aliphatic rings. The molecule has 1 N–H and O–H groups in total. The van der Waals surface area contributed by atoms with Crippen molar-refractivity contribution >= 4 is 34.7 Å². The van der Waals surface area contributed by atoms with Crippen LogP contribution in [0.2, 0.25) is 5.02 Å². The molecule has 1 atom stereocenters. The minimum Gasteiger partial charge on any atom is -0.376 e. The van der Waals surface area contributed by atoms with Crippen LogP contribution in [0, 0.1) is 0 Å². The van der Waals surface area contributed by atoms with Gasteiger partial charge in [0.05, 0.1) is 22.4 Å². The Balaban J connectivity index is 1.92. The highest BCUT2D eigenvalue weighted by Crippen LogP contribution is 2.42. The lowest BCUT2D eigenvalue weighted by Crippen LogP contribution is -2.15. The second kappa shape index (κ2) is 5.58. The Kier molecular flexibility index (Phi) is 3.81. The Morgan fingerprint density at radius 1 is 1.15 bits per heavy atom. The lowest BCUT2D eigenvalue weighted by atomic mass is 10.1. The van der Waals surface area contributed by atoms with Gasteiger partial charge in [-0.15, -0.1) is 11.8 Å². The molecule has 1 heterocycles. The summed E-state index contributed by atoms with van der Waals surface area (Å²) in [6, 6.07) is 14.9. The molecule has 1 unspecified atom stereocenters. The molecule has 0 fully saturated rings. The van der Waals surface area contributed by atoms with Crippen LogP contribution in [0.4, 0.5) is 11.4 Å². The SMILES string of the molecule is CN(C)c1c(Cl)cccc1NC1CSc2ccccc21. The summed E-state index contributed by atoms with van der Waals surface area (Å²) in [7, 11) is 4.04. The van der Waals surface area contributed by atoms with E-state index < -0.39 is 0 Å². The molecule has 0 saturated heterocycles. The van der Waals surface area contributed by atoms with Gasteiger partial charge in [-0.1, -0.05) is 35.9 Å². The van der Waals surface area contributed by atoms with E-state index in [1.165, 1.54) is 10.5 Å². The van der Waals surface area contributed by atoms with Crippen molar-refractivity contribution in [2.75, 3.05) is 30.1 Å². The van der Waals surface area contributed by atoms with Crippen LogP contribution in [-0.4, -0.2) is 19.8 Å². The minimum absolute atomic E-state index is 0.341. The third-order valence-electron chi connectivity index (χ3n) is 3.46. The molecule has 0 saturated carbocycles. The van der Waals surface area contributed by atoms with E-state index in [2.05, 4.69) is 40.5 Å². The monoisotopic (exact) mass is 304 g/mol. The fraction of sp³-hybridized carbons (Fsp3) is 0.250. The van der Waals surface area contributed by atoms with Gasteiger partial charge in [0.2, 0.25) is 0 Å². The maximum Gasteiger partial charge on any atom is 0.0786 e. The van der Waals surface area contributed by atoms with E-state index in [1.54, 1.807) is 0 Å². The Labute approximate surface area is 129 Å². The van der Waals surface area contributed by atoms with Gasteiger partial charge in [-0.3, -0.25) is 0 Å². The van der Waals surface area contributed by atoms with E-state index in [-0.39, 0.29) is 0 Å². The maximum absolute atomic E-state index is 6.32. The lowest BCUT2D eigenvalue weighted by Gasteiger charge is -2.23. The predicted molar refractivity (Wildman–Crippen MR) is 89.3 cm³/mol. The fourth-order valence-corrected chi connectivity index (χ4v) is 4.06. The Morgan fingerprint density at radius 2 is 1.95 bits per heavy atom. The zero-order valence-corrected chi connectivity index (χ0v) is 13.1. The van der Waals surface area contributed by atoms with Crippen molar-refractivity contribution in [2.24, 2.45) is 0 Å². The number of rotatable bonds is 3. The van der Waals surface area contributed by atoms with Crippen LogP contribution < -0.4 is 10.2 Å². The van der Waals surface area contributed by atoms with E-state index in [9.17, 15) is 0 Å². The van der Waals surface area contributed by atoms with Crippen LogP contribution in [0.25, 0.3) is 0 Å². The molecule has 20 heavy (non-hydrogen) atoms. The van der Waals surface area contributed by atoms with Crippen molar-refractivity contribution in [3.8, 4) is 0 Å². The van der Waals surface area contributed by atoms with Gasteiger partial charge in [-0.25, -0.2) is 0 Å². The van der Waals surface area contributed by atoms with Gasteiger partial charge in [0.1, 0.15) is 0 Å². The minimum atomic E-state index is 0.341. The first-order valence-corrected chi connectivity index (χ1v) is 7.97. The number of benzene rings is 2. The smallest absolute Gasteiger partial charge is 0.0786 e. The molecule has 4 heteroatoms. The average Bonchev–Trinajstić information content (AvgIpc) is 2.82. The maximum atomic E-state index is 6.32. The van der Waals surface area contributed by atoms with E-state index in [0.717, 1.165) is 22.2 Å². The van der Waals surface area contributed by atoms with Gasteiger partial charge in [0, 0.05) is 24.7 Å². The zero-order chi connectivity index (χ0) is 14.1. The summed E-state index contributed by atoms with van der Waals surface area (Å²) in [6.07, 6.45) is 0. The highest BCUT2D eigenvalue weighted by Gasteiger charge is 2.23. The van der Waals surface area contributed by atoms with Gasteiger partial charge in [0.15, 0.2) is 0 Å². The van der Waals surface area contributed by atoms with Crippen molar-refractivity contribution in [3.63, 3.8) is 0 Å². The van der Waals surface area contributed by atoms with Crippen LogP contribution in [-0.2, 0) is 0 Å². The summed E-state index contributed by atoms with van der Waals surface area (Å²) in [5, 5.41) is 4.42. The molecule has 0 aromatic heterocycles. The highest BCUT2D eigenvalue weighted by atomic mass is 35.5. The fourth-order valence-electron chi connectivity index (χ4n) is 2.56. The zero-order valence-electron chi connectivity index (χ0n) is 11.6. The van der Waals surface area contributed by atoms with Crippen molar-refractivity contribution in [2.45, 2.75) is 10.9 Å². The molecule has 3 rings (SSSR count). The number of nitrogens with zero attached hydrogens (tertiary/aromatic N) is 1. The van der Waals surface area contributed by atoms with Crippen molar-refractivity contribution in [3.05, 3.63) is 53.1 Å². The standard InChI is InChI=1S/C16H17ClN2S/c1-19(2)16-12(17)7-5-8-13(16)18-14-10-20-15-9-4-3-6-11(14)15/h3-9,14,18H,10H2,1-2H3. The number of hydrogen-bond donors (Lipinski definition) is 1. The van der Waals surface area contributed by atoms with Crippen LogP contribution in [0.3, 0.4) is 0 Å². The molecule has 1 aliphatic heterocycles. The number of hydrogen-bond acceptors (Lipinski definition) is 3. The van der Waals surface area contributed by atoms with Gasteiger partial charge >= 0.3 is 0 Å². The largest absolute Gasteiger partial charge is 0.376 e. The first-order chi connectivity index (χ1) is 9.66. The third-order valence-corrected chi connectivity index (χ3v) is 4.95.